The van der Waals surface area contributed by atoms with Crippen LogP contribution in [0.1, 0.15) is 5.56 Å². The summed E-state index contributed by atoms with van der Waals surface area (Å²) in [4.78, 5) is -0.0180. The van der Waals surface area contributed by atoms with Crippen LogP contribution in [0.2, 0.25) is 0 Å². The molecule has 0 atom stereocenters. The summed E-state index contributed by atoms with van der Waals surface area (Å²) in [5.74, 6) is 0. The van der Waals surface area contributed by atoms with E-state index in [0.29, 0.717) is 0 Å². The zero-order valence-corrected chi connectivity index (χ0v) is 7.31. The number of sulfone groups is 1. The molecule has 65 valence electrons. The first-order valence-electron chi connectivity index (χ1n) is 3.31. The third kappa shape index (κ3) is 1.82. The van der Waals surface area contributed by atoms with Crippen LogP contribution in [-0.4, -0.2) is 8.42 Å². The van der Waals surface area contributed by atoms with Crippen molar-refractivity contribution in [1.82, 2.24) is 0 Å². The van der Waals surface area contributed by atoms with Gasteiger partial charge in [0.15, 0.2) is 0 Å². The summed E-state index contributed by atoms with van der Waals surface area (Å²) in [5, 5.41) is 0. The number of aryl methyl sites for hydroxylation is 1. The molecule has 1 radical (unpaired) electrons. The third-order valence-electron chi connectivity index (χ3n) is 1.47. The van der Waals surface area contributed by atoms with Crippen LogP contribution in [0.5, 0.6) is 0 Å². The first-order chi connectivity index (χ1) is 5.56. The van der Waals surface area contributed by atoms with Crippen molar-refractivity contribution in [2.45, 2.75) is 11.8 Å². The quantitative estimate of drug-likeness (QED) is 0.708. The summed E-state index contributed by atoms with van der Waals surface area (Å²) in [6.07, 6.45) is 0. The first-order valence-corrected chi connectivity index (χ1v) is 4.86. The van der Waals surface area contributed by atoms with E-state index in [1.165, 1.54) is 12.1 Å². The van der Waals surface area contributed by atoms with Gasteiger partial charge in [-0.2, -0.15) is 0 Å². The van der Waals surface area contributed by atoms with E-state index in [1.54, 1.807) is 12.1 Å². The van der Waals surface area contributed by atoms with E-state index in [0.717, 1.165) is 5.56 Å². The highest BCUT2D eigenvalue weighted by Gasteiger charge is 2.13. The van der Waals surface area contributed by atoms with E-state index in [9.17, 15) is 12.8 Å². The van der Waals surface area contributed by atoms with Crippen molar-refractivity contribution in [3.8, 4) is 0 Å². The lowest BCUT2D eigenvalue weighted by Crippen LogP contribution is -1.97. The maximum absolute atomic E-state index is 11.8. The fraction of sp³-hybridized carbons (Fsp3) is 0.125. The second-order valence-corrected chi connectivity index (χ2v) is 4.19. The predicted octanol–water partition coefficient (Wildman–Crippen LogP) is 1.86. The normalized spacial score (nSPS) is 11.5. The molecule has 12 heavy (non-hydrogen) atoms. The Kier molecular flexibility index (Phi) is 2.47. The van der Waals surface area contributed by atoms with Crippen LogP contribution >= 0.6 is 0 Å². The molecule has 0 unspecified atom stereocenters. The Balaban J connectivity index is 3.14. The van der Waals surface area contributed by atoms with E-state index >= 15 is 0 Å². The molecule has 0 aliphatic carbocycles. The molecule has 0 aromatic heterocycles. The molecular formula is C8H8FO2S. The van der Waals surface area contributed by atoms with Gasteiger partial charge in [-0.15, -0.1) is 0 Å². The summed E-state index contributed by atoms with van der Waals surface area (Å²) < 4.78 is 33.6. The number of rotatable bonds is 2. The summed E-state index contributed by atoms with van der Waals surface area (Å²) in [6, 6.07) is 5.70. The molecule has 0 spiro atoms. The predicted molar refractivity (Wildman–Crippen MR) is 43.8 cm³/mol. The maximum Gasteiger partial charge on any atom is 0.250 e. The Morgan fingerprint density at radius 3 is 2.17 bits per heavy atom. The van der Waals surface area contributed by atoms with Crippen LogP contribution in [0.15, 0.2) is 29.2 Å². The standard InChI is InChI=1S/C8H8FO2S/c1-7-2-4-8(5-3-7)12(10,11)6-9/h2-6H,1H3. The van der Waals surface area contributed by atoms with Crippen LogP contribution in [0.3, 0.4) is 0 Å². The van der Waals surface area contributed by atoms with Crippen LogP contribution in [0.4, 0.5) is 4.39 Å². The molecule has 0 aliphatic heterocycles. The highest BCUT2D eigenvalue weighted by Crippen LogP contribution is 2.14. The Bertz CT molecular complexity index is 353. The van der Waals surface area contributed by atoms with Crippen LogP contribution in [0.25, 0.3) is 0 Å². The average molecular weight is 187 g/mol. The molecule has 0 saturated heterocycles. The van der Waals surface area contributed by atoms with Gasteiger partial charge < -0.3 is 0 Å². The van der Waals surface area contributed by atoms with E-state index < -0.39 is 9.84 Å². The van der Waals surface area contributed by atoms with Crippen molar-refractivity contribution in [3.05, 3.63) is 35.8 Å². The van der Waals surface area contributed by atoms with Gasteiger partial charge in [-0.3, -0.25) is 0 Å². The Hall–Kier alpha value is -0.900. The summed E-state index contributed by atoms with van der Waals surface area (Å²) in [6.45, 7) is 1.83. The van der Waals surface area contributed by atoms with E-state index in [1.807, 2.05) is 6.92 Å². The summed E-state index contributed by atoms with van der Waals surface area (Å²) in [5.41, 5.74) is 0.938. The molecule has 2 nitrogen and oxygen atoms in total. The minimum atomic E-state index is -3.81. The van der Waals surface area contributed by atoms with Crippen LogP contribution < -0.4 is 0 Å². The molecule has 0 heterocycles. The molecule has 0 aliphatic rings. The molecule has 0 amide bonds. The molecule has 0 bridgehead atoms. The molecule has 0 fully saturated rings. The van der Waals surface area contributed by atoms with Gasteiger partial charge in [0.1, 0.15) is 0 Å². The lowest BCUT2D eigenvalue weighted by Gasteiger charge is -1.98. The maximum atomic E-state index is 11.8. The zero-order chi connectivity index (χ0) is 9.19. The molecule has 1 aromatic rings. The number of hydrogen-bond donors (Lipinski definition) is 0. The van der Waals surface area contributed by atoms with Crippen molar-refractivity contribution < 1.29 is 12.8 Å². The summed E-state index contributed by atoms with van der Waals surface area (Å²) >= 11 is 0. The second kappa shape index (κ2) is 3.23. The molecule has 1 aromatic carbocycles. The Morgan fingerprint density at radius 2 is 1.75 bits per heavy atom. The van der Waals surface area contributed by atoms with Gasteiger partial charge in [0.25, 0.3) is 6.01 Å². The molecule has 0 saturated carbocycles. The SMILES string of the molecule is Cc1ccc(S(=O)(=O)[CH]F)cc1. The topological polar surface area (TPSA) is 34.1 Å². The van der Waals surface area contributed by atoms with E-state index in [4.69, 9.17) is 0 Å². The first kappa shape index (κ1) is 9.19. The number of benzene rings is 1. The van der Waals surface area contributed by atoms with Gasteiger partial charge in [0, 0.05) is 0 Å². The lowest BCUT2D eigenvalue weighted by molar-refractivity contribution is 0.574. The van der Waals surface area contributed by atoms with Gasteiger partial charge in [-0.25, -0.2) is 12.8 Å². The van der Waals surface area contributed by atoms with E-state index in [2.05, 4.69) is 0 Å². The van der Waals surface area contributed by atoms with Crippen molar-refractivity contribution in [3.63, 3.8) is 0 Å². The van der Waals surface area contributed by atoms with E-state index in [-0.39, 0.29) is 10.9 Å². The highest BCUT2D eigenvalue weighted by molar-refractivity contribution is 7.93. The highest BCUT2D eigenvalue weighted by atomic mass is 32.2. The van der Waals surface area contributed by atoms with Gasteiger partial charge in [-0.05, 0) is 19.1 Å². The molecule has 1 rings (SSSR count). The van der Waals surface area contributed by atoms with Gasteiger partial charge in [0.05, 0.1) is 4.90 Å². The minimum absolute atomic E-state index is 0.0180. The van der Waals surface area contributed by atoms with Crippen molar-refractivity contribution >= 4 is 9.84 Å². The molecule has 4 heteroatoms. The monoisotopic (exact) mass is 187 g/mol. The summed E-state index contributed by atoms with van der Waals surface area (Å²) in [7, 11) is -3.81. The molecular weight excluding hydrogens is 179 g/mol. The fourth-order valence-corrected chi connectivity index (χ4v) is 1.40. The lowest BCUT2D eigenvalue weighted by atomic mass is 10.2. The van der Waals surface area contributed by atoms with Crippen molar-refractivity contribution in [1.29, 1.82) is 0 Å². The smallest absolute Gasteiger partial charge is 0.225 e. The minimum Gasteiger partial charge on any atom is -0.225 e. The average Bonchev–Trinajstić information content (AvgIpc) is 2.05. The van der Waals surface area contributed by atoms with Gasteiger partial charge >= 0.3 is 0 Å². The van der Waals surface area contributed by atoms with Crippen LogP contribution in [-0.2, 0) is 9.84 Å². The fourth-order valence-electron chi connectivity index (χ4n) is 0.779. The van der Waals surface area contributed by atoms with Crippen molar-refractivity contribution in [2.75, 3.05) is 0 Å². The second-order valence-electron chi connectivity index (χ2n) is 2.45. The largest absolute Gasteiger partial charge is 0.250 e. The van der Waals surface area contributed by atoms with Crippen molar-refractivity contribution in [2.24, 2.45) is 0 Å². The number of halogens is 1. The zero-order valence-electron chi connectivity index (χ0n) is 6.49. The Labute approximate surface area is 71.0 Å². The third-order valence-corrected chi connectivity index (χ3v) is 2.63. The molecule has 0 N–H and O–H groups in total. The number of hydrogen-bond acceptors (Lipinski definition) is 2. The Morgan fingerprint density at radius 1 is 1.25 bits per heavy atom. The van der Waals surface area contributed by atoms with Crippen LogP contribution in [0, 0.1) is 12.9 Å². The van der Waals surface area contributed by atoms with Gasteiger partial charge in [0.2, 0.25) is 9.84 Å². The van der Waals surface area contributed by atoms with Gasteiger partial charge in [-0.1, -0.05) is 17.7 Å².